The minimum atomic E-state index is -1.08. The van der Waals surface area contributed by atoms with Crippen molar-refractivity contribution < 1.29 is 24.2 Å². The molecule has 134 valence electrons. The van der Waals surface area contributed by atoms with Gasteiger partial charge in [-0.1, -0.05) is 37.8 Å². The second-order valence-corrected chi connectivity index (χ2v) is 7.36. The monoisotopic (exact) mass is 381 g/mol. The van der Waals surface area contributed by atoms with Crippen molar-refractivity contribution >= 4 is 46.3 Å². The lowest BCUT2D eigenvalue weighted by molar-refractivity contribution is -0.146. The third-order valence-corrected chi connectivity index (χ3v) is 5.04. The number of carbonyl (C=O) groups excluding carboxylic acids is 1. The third-order valence-electron chi connectivity index (χ3n) is 3.71. The van der Waals surface area contributed by atoms with Gasteiger partial charge in [-0.05, 0) is 30.2 Å². The molecule has 25 heavy (non-hydrogen) atoms. The molecule has 1 aromatic carbocycles. The second kappa shape index (κ2) is 7.88. The van der Waals surface area contributed by atoms with E-state index in [9.17, 15) is 14.7 Å². The molecule has 0 spiro atoms. The molecule has 2 rings (SSSR count). The molecule has 1 atom stereocenters. The largest absolute Gasteiger partial charge is 0.497 e. The van der Waals surface area contributed by atoms with Crippen LogP contribution in [-0.2, 0) is 9.59 Å². The van der Waals surface area contributed by atoms with E-state index in [1.807, 2.05) is 0 Å². The van der Waals surface area contributed by atoms with Crippen LogP contribution in [0.5, 0.6) is 11.5 Å². The number of hydrogen-bond acceptors (Lipinski definition) is 6. The van der Waals surface area contributed by atoms with Gasteiger partial charge in [-0.15, -0.1) is 0 Å². The van der Waals surface area contributed by atoms with Gasteiger partial charge in [-0.2, -0.15) is 0 Å². The maximum Gasteiger partial charge on any atom is 0.327 e. The molecule has 0 aromatic heterocycles. The Morgan fingerprint density at radius 1 is 1.32 bits per heavy atom. The van der Waals surface area contributed by atoms with Crippen LogP contribution in [0, 0.1) is 5.92 Å². The van der Waals surface area contributed by atoms with Gasteiger partial charge >= 0.3 is 5.97 Å². The van der Waals surface area contributed by atoms with Crippen LogP contribution in [0.3, 0.4) is 0 Å². The van der Waals surface area contributed by atoms with Crippen molar-refractivity contribution in [2.75, 3.05) is 14.2 Å². The summed E-state index contributed by atoms with van der Waals surface area (Å²) in [5.74, 6) is -0.573. The van der Waals surface area contributed by atoms with E-state index >= 15 is 0 Å². The molecular formula is C17H19NO5S2. The van der Waals surface area contributed by atoms with E-state index < -0.39 is 17.9 Å². The quantitative estimate of drug-likeness (QED) is 0.599. The van der Waals surface area contributed by atoms with Crippen molar-refractivity contribution in [1.82, 2.24) is 4.90 Å². The molecule has 8 heteroatoms. The molecule has 1 heterocycles. The number of carbonyl (C=O) groups is 2. The summed E-state index contributed by atoms with van der Waals surface area (Å²) >= 11 is 6.33. The molecule has 6 nitrogen and oxygen atoms in total. The number of nitrogens with zero attached hydrogens (tertiary/aromatic N) is 1. The summed E-state index contributed by atoms with van der Waals surface area (Å²) in [7, 11) is 3.08. The number of benzene rings is 1. The highest BCUT2D eigenvalue weighted by Gasteiger charge is 2.41. The van der Waals surface area contributed by atoms with Crippen molar-refractivity contribution in [3.8, 4) is 11.5 Å². The molecule has 1 fully saturated rings. The predicted molar refractivity (Wildman–Crippen MR) is 101 cm³/mol. The molecule has 0 saturated carbocycles. The Morgan fingerprint density at radius 3 is 2.52 bits per heavy atom. The van der Waals surface area contributed by atoms with Gasteiger partial charge in [0.1, 0.15) is 21.9 Å². The lowest BCUT2D eigenvalue weighted by Crippen LogP contribution is -2.47. The molecule has 0 bridgehead atoms. The number of carboxylic acids is 1. The molecule has 1 aromatic rings. The molecule has 1 aliphatic rings. The van der Waals surface area contributed by atoms with Crippen molar-refractivity contribution in [3.63, 3.8) is 0 Å². The van der Waals surface area contributed by atoms with Gasteiger partial charge in [0.15, 0.2) is 0 Å². The number of ether oxygens (including phenoxy) is 2. The third kappa shape index (κ3) is 3.96. The normalized spacial score (nSPS) is 17.3. The molecule has 1 amide bonds. The lowest BCUT2D eigenvalue weighted by Gasteiger charge is -2.26. The van der Waals surface area contributed by atoms with Crippen molar-refractivity contribution in [3.05, 3.63) is 28.7 Å². The summed E-state index contributed by atoms with van der Waals surface area (Å²) in [6.45, 7) is 3.48. The highest BCUT2D eigenvalue weighted by atomic mass is 32.2. The Bertz CT molecular complexity index is 745. The molecule has 0 radical (unpaired) electrons. The van der Waals surface area contributed by atoms with Gasteiger partial charge in [0.2, 0.25) is 0 Å². The smallest absolute Gasteiger partial charge is 0.327 e. The van der Waals surface area contributed by atoms with E-state index in [2.05, 4.69) is 0 Å². The molecule has 0 unspecified atom stereocenters. The van der Waals surface area contributed by atoms with Crippen molar-refractivity contribution in [2.45, 2.75) is 19.9 Å². The zero-order valence-electron chi connectivity index (χ0n) is 14.3. The number of rotatable bonds is 6. The van der Waals surface area contributed by atoms with Crippen LogP contribution in [0.4, 0.5) is 0 Å². The fourth-order valence-electron chi connectivity index (χ4n) is 2.51. The minimum Gasteiger partial charge on any atom is -0.497 e. The van der Waals surface area contributed by atoms with Crippen LogP contribution in [-0.4, -0.2) is 46.5 Å². The molecule has 0 aliphatic carbocycles. The fraction of sp³-hybridized carbons (Fsp3) is 0.353. The van der Waals surface area contributed by atoms with Crippen LogP contribution in [0.1, 0.15) is 19.4 Å². The van der Waals surface area contributed by atoms with E-state index in [1.165, 1.54) is 12.0 Å². The Balaban J connectivity index is 2.42. The first-order valence-electron chi connectivity index (χ1n) is 7.52. The zero-order chi connectivity index (χ0) is 18.7. The average molecular weight is 381 g/mol. The number of methoxy groups -OCH3 is 2. The summed E-state index contributed by atoms with van der Waals surface area (Å²) < 4.78 is 10.7. The van der Waals surface area contributed by atoms with Crippen LogP contribution < -0.4 is 9.47 Å². The van der Waals surface area contributed by atoms with E-state index in [4.69, 9.17) is 21.7 Å². The van der Waals surface area contributed by atoms with Gasteiger partial charge in [0.05, 0.1) is 19.1 Å². The first-order chi connectivity index (χ1) is 11.8. The van der Waals surface area contributed by atoms with Gasteiger partial charge in [0, 0.05) is 5.56 Å². The van der Waals surface area contributed by atoms with Crippen LogP contribution >= 0.6 is 24.0 Å². The van der Waals surface area contributed by atoms with Crippen molar-refractivity contribution in [1.29, 1.82) is 0 Å². The van der Waals surface area contributed by atoms with Gasteiger partial charge < -0.3 is 14.6 Å². The fourth-order valence-corrected chi connectivity index (χ4v) is 3.83. The van der Waals surface area contributed by atoms with Crippen LogP contribution in [0.2, 0.25) is 0 Å². The number of carboxylic acid groups (broad SMARTS) is 1. The Kier molecular flexibility index (Phi) is 6.07. The van der Waals surface area contributed by atoms with E-state index in [-0.39, 0.29) is 10.2 Å². The first kappa shape index (κ1) is 19.3. The number of aliphatic carboxylic acids is 1. The highest BCUT2D eigenvalue weighted by Crippen LogP contribution is 2.37. The maximum absolute atomic E-state index is 12.7. The SMILES string of the molecule is COc1ccc(OC)c(/C=C2\SC(=S)N([C@H](C(=O)O)C(C)C)C2=O)c1. The molecular weight excluding hydrogens is 362 g/mol. The first-order valence-corrected chi connectivity index (χ1v) is 8.74. The Labute approximate surface area is 155 Å². The van der Waals surface area contributed by atoms with E-state index in [1.54, 1.807) is 45.2 Å². The summed E-state index contributed by atoms with van der Waals surface area (Å²) in [6.07, 6.45) is 1.64. The van der Waals surface area contributed by atoms with Gasteiger partial charge in [-0.25, -0.2) is 4.79 Å². The number of thioether (sulfide) groups is 1. The lowest BCUT2D eigenvalue weighted by atomic mass is 10.0. The predicted octanol–water partition coefficient (Wildman–Crippen LogP) is 3.01. The highest BCUT2D eigenvalue weighted by molar-refractivity contribution is 8.26. The molecule has 1 saturated heterocycles. The standard InChI is InChI=1S/C17H19NO5S2/c1-9(2)14(16(20)21)18-15(19)13(25-17(18)24)8-10-7-11(22-3)5-6-12(10)23-4/h5-9,14H,1-4H3,(H,20,21)/b13-8-/t14-/m0/s1. The Morgan fingerprint density at radius 2 is 2.00 bits per heavy atom. The van der Waals surface area contributed by atoms with Crippen molar-refractivity contribution in [2.24, 2.45) is 5.92 Å². The minimum absolute atomic E-state index is 0.235. The summed E-state index contributed by atoms with van der Waals surface area (Å²) in [4.78, 5) is 25.8. The topological polar surface area (TPSA) is 76.1 Å². The number of thiocarbonyl (C=S) groups is 1. The summed E-state index contributed by atoms with van der Waals surface area (Å²) in [6, 6.07) is 4.23. The van der Waals surface area contributed by atoms with Crippen LogP contribution in [0.15, 0.2) is 23.1 Å². The summed E-state index contributed by atoms with van der Waals surface area (Å²) in [5.41, 5.74) is 0.652. The number of amides is 1. The van der Waals surface area contributed by atoms with Crippen LogP contribution in [0.25, 0.3) is 6.08 Å². The van der Waals surface area contributed by atoms with E-state index in [0.29, 0.717) is 22.0 Å². The zero-order valence-corrected chi connectivity index (χ0v) is 15.9. The molecule has 1 N–H and O–H groups in total. The summed E-state index contributed by atoms with van der Waals surface area (Å²) in [5, 5.41) is 9.45. The second-order valence-electron chi connectivity index (χ2n) is 5.69. The maximum atomic E-state index is 12.7. The molecule has 1 aliphatic heterocycles. The average Bonchev–Trinajstić information content (AvgIpc) is 2.82. The number of hydrogen-bond donors (Lipinski definition) is 1. The van der Waals surface area contributed by atoms with Gasteiger partial charge in [-0.3, -0.25) is 9.69 Å². The van der Waals surface area contributed by atoms with Gasteiger partial charge in [0.25, 0.3) is 5.91 Å². The Hall–Kier alpha value is -2.06. The van der Waals surface area contributed by atoms with E-state index in [0.717, 1.165) is 11.8 Å².